The van der Waals surface area contributed by atoms with E-state index in [1.54, 1.807) is 18.2 Å². The molecule has 0 amide bonds. The van der Waals surface area contributed by atoms with Crippen molar-refractivity contribution in [1.82, 2.24) is 0 Å². The second-order valence-electron chi connectivity index (χ2n) is 4.10. The van der Waals surface area contributed by atoms with E-state index in [0.29, 0.717) is 5.56 Å². The second-order valence-corrected chi connectivity index (χ2v) is 4.10. The van der Waals surface area contributed by atoms with Crippen molar-refractivity contribution in [3.8, 4) is 6.07 Å². The van der Waals surface area contributed by atoms with Gasteiger partial charge in [0.1, 0.15) is 11.9 Å². The van der Waals surface area contributed by atoms with Gasteiger partial charge >= 0.3 is 0 Å². The van der Waals surface area contributed by atoms with Crippen molar-refractivity contribution in [2.24, 2.45) is 0 Å². The third-order valence-electron chi connectivity index (χ3n) is 2.67. The van der Waals surface area contributed by atoms with Crippen LogP contribution in [0.3, 0.4) is 0 Å². The molecule has 2 aromatic rings. The maximum atomic E-state index is 13.6. The van der Waals surface area contributed by atoms with Crippen LogP contribution in [0.15, 0.2) is 48.5 Å². The molecule has 1 N–H and O–H groups in total. The molecular weight excluding hydrogens is 227 g/mol. The summed E-state index contributed by atoms with van der Waals surface area (Å²) in [6.07, 6.45) is 0. The van der Waals surface area contributed by atoms with Crippen LogP contribution in [-0.4, -0.2) is 0 Å². The average Bonchev–Trinajstić information content (AvgIpc) is 2.37. The van der Waals surface area contributed by atoms with Crippen molar-refractivity contribution in [1.29, 1.82) is 5.26 Å². The topological polar surface area (TPSA) is 35.8 Å². The van der Waals surface area contributed by atoms with Crippen LogP contribution in [0.4, 0.5) is 10.1 Å². The van der Waals surface area contributed by atoms with Crippen LogP contribution in [0.1, 0.15) is 17.2 Å². The van der Waals surface area contributed by atoms with Crippen LogP contribution in [0.2, 0.25) is 0 Å². The number of nitrogens with one attached hydrogen (secondary N) is 1. The highest BCUT2D eigenvalue weighted by molar-refractivity contribution is 5.49. The summed E-state index contributed by atoms with van der Waals surface area (Å²) in [4.78, 5) is 0. The molecule has 0 aliphatic rings. The van der Waals surface area contributed by atoms with Gasteiger partial charge in [-0.1, -0.05) is 30.3 Å². The molecule has 0 saturated heterocycles. The van der Waals surface area contributed by atoms with Gasteiger partial charge in [0.05, 0.1) is 6.07 Å². The van der Waals surface area contributed by atoms with E-state index in [-0.39, 0.29) is 5.82 Å². The molecule has 0 radical (unpaired) electrons. The molecular formula is C15H13FN2. The summed E-state index contributed by atoms with van der Waals surface area (Å²) in [6.45, 7) is 1.97. The maximum absolute atomic E-state index is 13.6. The molecule has 0 saturated carbocycles. The average molecular weight is 240 g/mol. The van der Waals surface area contributed by atoms with Crippen molar-refractivity contribution in [3.05, 3.63) is 65.5 Å². The zero-order chi connectivity index (χ0) is 13.0. The summed E-state index contributed by atoms with van der Waals surface area (Å²) in [5.41, 5.74) is 2.26. The van der Waals surface area contributed by atoms with Gasteiger partial charge in [-0.3, -0.25) is 0 Å². The minimum Gasteiger partial charge on any atom is -0.366 e. The quantitative estimate of drug-likeness (QED) is 0.885. The Kier molecular flexibility index (Phi) is 3.59. The lowest BCUT2D eigenvalue weighted by atomic mass is 10.1. The van der Waals surface area contributed by atoms with Crippen molar-refractivity contribution < 1.29 is 4.39 Å². The lowest BCUT2D eigenvalue weighted by Crippen LogP contribution is -2.10. The summed E-state index contributed by atoms with van der Waals surface area (Å²) in [5.74, 6) is -0.371. The first-order chi connectivity index (χ1) is 8.70. The minimum atomic E-state index is -0.687. The Bertz CT molecular complexity index is 587. The summed E-state index contributed by atoms with van der Waals surface area (Å²) in [6, 6.07) is 15.3. The van der Waals surface area contributed by atoms with Crippen molar-refractivity contribution in [3.63, 3.8) is 0 Å². The number of halogens is 1. The standard InChI is InChI=1S/C15H13FN2/c1-11-5-4-6-12(9-11)18-15(10-17)13-7-2-3-8-14(13)16/h2-9,15,18H,1H3. The molecule has 2 aromatic carbocycles. The number of hydrogen-bond donors (Lipinski definition) is 1. The van der Waals surface area contributed by atoms with E-state index < -0.39 is 6.04 Å². The summed E-state index contributed by atoms with van der Waals surface area (Å²) in [5, 5.41) is 12.2. The van der Waals surface area contributed by atoms with Crippen molar-refractivity contribution >= 4 is 5.69 Å². The van der Waals surface area contributed by atoms with E-state index in [1.807, 2.05) is 31.2 Å². The van der Waals surface area contributed by atoms with Gasteiger partial charge in [-0.2, -0.15) is 5.26 Å². The number of benzene rings is 2. The Hall–Kier alpha value is -2.34. The normalized spacial score (nSPS) is 11.6. The van der Waals surface area contributed by atoms with Crippen LogP contribution in [-0.2, 0) is 0 Å². The van der Waals surface area contributed by atoms with E-state index in [2.05, 4.69) is 11.4 Å². The number of aryl methyl sites for hydroxylation is 1. The van der Waals surface area contributed by atoms with Gasteiger partial charge in [0, 0.05) is 11.3 Å². The highest BCUT2D eigenvalue weighted by Gasteiger charge is 2.14. The first kappa shape index (κ1) is 12.1. The van der Waals surface area contributed by atoms with E-state index in [9.17, 15) is 4.39 Å². The highest BCUT2D eigenvalue weighted by atomic mass is 19.1. The van der Waals surface area contributed by atoms with Gasteiger partial charge in [-0.25, -0.2) is 4.39 Å². The zero-order valence-corrected chi connectivity index (χ0v) is 10.0. The molecule has 3 heteroatoms. The molecule has 0 spiro atoms. The molecule has 90 valence electrons. The fourth-order valence-corrected chi connectivity index (χ4v) is 1.79. The fourth-order valence-electron chi connectivity index (χ4n) is 1.79. The van der Waals surface area contributed by atoms with Gasteiger partial charge in [-0.05, 0) is 30.7 Å². The van der Waals surface area contributed by atoms with Gasteiger partial charge < -0.3 is 5.32 Å². The number of nitrogens with zero attached hydrogens (tertiary/aromatic N) is 1. The Labute approximate surface area is 106 Å². The maximum Gasteiger partial charge on any atom is 0.143 e. The Morgan fingerprint density at radius 3 is 2.61 bits per heavy atom. The first-order valence-corrected chi connectivity index (χ1v) is 5.68. The lowest BCUT2D eigenvalue weighted by Gasteiger charge is -2.14. The van der Waals surface area contributed by atoms with Crippen LogP contribution in [0.25, 0.3) is 0 Å². The predicted molar refractivity (Wildman–Crippen MR) is 69.6 cm³/mol. The SMILES string of the molecule is Cc1cccc(NC(C#N)c2ccccc2F)c1. The summed E-state index contributed by atoms with van der Waals surface area (Å²) < 4.78 is 13.6. The third-order valence-corrected chi connectivity index (χ3v) is 2.67. The number of nitriles is 1. The smallest absolute Gasteiger partial charge is 0.143 e. The molecule has 2 nitrogen and oxygen atoms in total. The Balaban J connectivity index is 2.26. The van der Waals surface area contributed by atoms with Gasteiger partial charge in [0.2, 0.25) is 0 Å². The van der Waals surface area contributed by atoms with Crippen molar-refractivity contribution in [2.45, 2.75) is 13.0 Å². The monoisotopic (exact) mass is 240 g/mol. The molecule has 0 heterocycles. The number of rotatable bonds is 3. The molecule has 18 heavy (non-hydrogen) atoms. The lowest BCUT2D eigenvalue weighted by molar-refractivity contribution is 0.607. The van der Waals surface area contributed by atoms with Gasteiger partial charge in [-0.15, -0.1) is 0 Å². The molecule has 0 aliphatic heterocycles. The van der Waals surface area contributed by atoms with E-state index >= 15 is 0 Å². The molecule has 2 rings (SSSR count). The van der Waals surface area contributed by atoms with Crippen LogP contribution in [0, 0.1) is 24.1 Å². The van der Waals surface area contributed by atoms with Gasteiger partial charge in [0.25, 0.3) is 0 Å². The summed E-state index contributed by atoms with van der Waals surface area (Å²) >= 11 is 0. The van der Waals surface area contributed by atoms with Gasteiger partial charge in [0.15, 0.2) is 0 Å². The van der Waals surface area contributed by atoms with Crippen LogP contribution >= 0.6 is 0 Å². The number of hydrogen-bond acceptors (Lipinski definition) is 2. The van der Waals surface area contributed by atoms with Crippen LogP contribution in [0.5, 0.6) is 0 Å². The van der Waals surface area contributed by atoms with Crippen molar-refractivity contribution in [2.75, 3.05) is 5.32 Å². The Morgan fingerprint density at radius 2 is 1.94 bits per heavy atom. The van der Waals surface area contributed by atoms with E-state index in [4.69, 9.17) is 5.26 Å². The highest BCUT2D eigenvalue weighted by Crippen LogP contribution is 2.21. The molecule has 0 fully saturated rings. The van der Waals surface area contributed by atoms with E-state index in [0.717, 1.165) is 11.3 Å². The third kappa shape index (κ3) is 2.67. The molecule has 0 aliphatic carbocycles. The summed E-state index contributed by atoms with van der Waals surface area (Å²) in [7, 11) is 0. The molecule has 1 unspecified atom stereocenters. The second kappa shape index (κ2) is 5.33. The fraction of sp³-hybridized carbons (Fsp3) is 0.133. The molecule has 0 aromatic heterocycles. The number of anilines is 1. The minimum absolute atomic E-state index is 0.363. The molecule has 0 bridgehead atoms. The largest absolute Gasteiger partial charge is 0.366 e. The van der Waals surface area contributed by atoms with E-state index in [1.165, 1.54) is 6.07 Å². The zero-order valence-electron chi connectivity index (χ0n) is 10.0. The first-order valence-electron chi connectivity index (χ1n) is 5.68. The predicted octanol–water partition coefficient (Wildman–Crippen LogP) is 3.81. The Morgan fingerprint density at radius 1 is 1.17 bits per heavy atom. The molecule has 1 atom stereocenters. The van der Waals surface area contributed by atoms with Crippen LogP contribution < -0.4 is 5.32 Å².